The van der Waals surface area contributed by atoms with Crippen molar-refractivity contribution < 1.29 is 23.9 Å². The van der Waals surface area contributed by atoms with Crippen LogP contribution in [0.5, 0.6) is 0 Å². The summed E-state index contributed by atoms with van der Waals surface area (Å²) in [5.41, 5.74) is 0.878. The predicted octanol–water partition coefficient (Wildman–Crippen LogP) is 4.30. The Bertz CT molecular complexity index is 880. The van der Waals surface area contributed by atoms with Gasteiger partial charge in [0.05, 0.1) is 12.1 Å². The van der Waals surface area contributed by atoms with Gasteiger partial charge in [0.1, 0.15) is 12.7 Å². The summed E-state index contributed by atoms with van der Waals surface area (Å²) in [4.78, 5) is 29.5. The molecule has 0 aliphatic heterocycles. The summed E-state index contributed by atoms with van der Waals surface area (Å²) in [5.74, 6) is -0.562. The number of benzene rings is 1. The van der Waals surface area contributed by atoms with Gasteiger partial charge in [0.25, 0.3) is 0 Å². The molecular weight excluding hydrogens is 416 g/mol. The van der Waals surface area contributed by atoms with E-state index in [-0.39, 0.29) is 18.7 Å². The first-order chi connectivity index (χ1) is 12.7. The number of hydrogen-bond acceptors (Lipinski definition) is 6. The number of rotatable bonds is 5. The number of nitrogens with zero attached hydrogens (tertiary/aromatic N) is 2. The maximum atomic E-state index is 12.6. The molecule has 8 heteroatoms. The zero-order valence-electron chi connectivity index (χ0n) is 16.0. The molecule has 1 heterocycles. The topological polar surface area (TPSA) is 79.1 Å². The first-order valence-corrected chi connectivity index (χ1v) is 9.25. The Hall–Kier alpha value is -2.35. The van der Waals surface area contributed by atoms with Crippen LogP contribution < -0.4 is 0 Å². The van der Waals surface area contributed by atoms with Crippen LogP contribution in [0.25, 0.3) is 10.9 Å². The monoisotopic (exact) mass is 438 g/mol. The fraction of sp³-hybridized carbons (Fsp3) is 0.421. The molecule has 0 saturated heterocycles. The quantitative estimate of drug-likeness (QED) is 0.395. The van der Waals surface area contributed by atoms with Gasteiger partial charge in [0.2, 0.25) is 0 Å². The maximum absolute atomic E-state index is 12.6. The van der Waals surface area contributed by atoms with E-state index in [1.807, 2.05) is 18.2 Å². The van der Waals surface area contributed by atoms with Crippen LogP contribution in [0.1, 0.15) is 33.3 Å². The number of oxime groups is 1. The number of halogens is 1. The number of carbonyl (C=O) groups excluding carboxylic acids is 2. The third-order valence-corrected chi connectivity index (χ3v) is 4.00. The predicted molar refractivity (Wildman–Crippen MR) is 106 cm³/mol. The van der Waals surface area contributed by atoms with Gasteiger partial charge in [-0.1, -0.05) is 21.1 Å². The van der Waals surface area contributed by atoms with Crippen LogP contribution in [0.4, 0.5) is 4.79 Å². The molecule has 0 N–H and O–H groups in total. The van der Waals surface area contributed by atoms with Crippen LogP contribution >= 0.6 is 15.9 Å². The van der Waals surface area contributed by atoms with Crippen LogP contribution in [0.2, 0.25) is 0 Å². The summed E-state index contributed by atoms with van der Waals surface area (Å²) in [6.45, 7) is 7.36. The van der Waals surface area contributed by atoms with E-state index in [9.17, 15) is 9.59 Å². The van der Waals surface area contributed by atoms with Crippen molar-refractivity contribution in [1.29, 1.82) is 0 Å². The first-order valence-electron chi connectivity index (χ1n) is 8.46. The van der Waals surface area contributed by atoms with Gasteiger partial charge in [0, 0.05) is 22.5 Å². The number of ether oxygens (including phenoxy) is 2. The molecule has 2 aromatic rings. The highest BCUT2D eigenvalue weighted by Crippen LogP contribution is 2.27. The Morgan fingerprint density at radius 2 is 1.96 bits per heavy atom. The van der Waals surface area contributed by atoms with E-state index in [1.165, 1.54) is 11.7 Å². The lowest BCUT2D eigenvalue weighted by Crippen LogP contribution is -2.26. The normalized spacial score (nSPS) is 12.1. The molecule has 0 aliphatic rings. The van der Waals surface area contributed by atoms with E-state index in [2.05, 4.69) is 21.1 Å². The van der Waals surface area contributed by atoms with Crippen molar-refractivity contribution in [3.05, 3.63) is 34.4 Å². The van der Waals surface area contributed by atoms with Gasteiger partial charge in [-0.05, 0) is 51.5 Å². The number of carbonyl (C=O) groups is 2. The molecule has 0 amide bonds. The van der Waals surface area contributed by atoms with Crippen LogP contribution in [0.15, 0.2) is 34.0 Å². The number of esters is 1. The van der Waals surface area contributed by atoms with Crippen molar-refractivity contribution >= 4 is 44.6 Å². The van der Waals surface area contributed by atoms with Crippen molar-refractivity contribution in [2.45, 2.75) is 39.7 Å². The van der Waals surface area contributed by atoms with Gasteiger partial charge >= 0.3 is 12.1 Å². The lowest BCUT2D eigenvalue weighted by atomic mass is 10.1. The molecular formula is C19H23BrN2O5. The van der Waals surface area contributed by atoms with Gasteiger partial charge in [0.15, 0.2) is 5.71 Å². The summed E-state index contributed by atoms with van der Waals surface area (Å²) in [6.07, 6.45) is 1.30. The molecule has 0 aliphatic carbocycles. The van der Waals surface area contributed by atoms with Gasteiger partial charge < -0.3 is 14.3 Å². The van der Waals surface area contributed by atoms with Crippen molar-refractivity contribution in [3.63, 3.8) is 0 Å². The molecule has 0 unspecified atom stereocenters. The highest BCUT2D eigenvalue weighted by atomic mass is 79.9. The van der Waals surface area contributed by atoms with Gasteiger partial charge in [-0.2, -0.15) is 0 Å². The smallest absolute Gasteiger partial charge is 0.419 e. The van der Waals surface area contributed by atoms with E-state index in [0.29, 0.717) is 5.52 Å². The van der Waals surface area contributed by atoms with Gasteiger partial charge in [-0.3, -0.25) is 4.57 Å². The summed E-state index contributed by atoms with van der Waals surface area (Å²) in [7, 11) is 1.36. The Labute approximate surface area is 166 Å². The Morgan fingerprint density at radius 3 is 2.56 bits per heavy atom. The minimum absolute atomic E-state index is 0.113. The summed E-state index contributed by atoms with van der Waals surface area (Å²) in [6, 6.07) is 5.52. The molecule has 7 nitrogen and oxygen atoms in total. The molecule has 27 heavy (non-hydrogen) atoms. The standard InChI is InChI=1S/C19H23BrN2O5/c1-6-26-17(23)15(21-25-5)9-12-11-22(18(24)27-19(2,3)4)16-8-7-13(20)10-14(12)16/h7-8,10-11H,6,9H2,1-5H3/b21-15+. The van der Waals surface area contributed by atoms with Crippen molar-refractivity contribution in [2.24, 2.45) is 5.16 Å². The lowest BCUT2D eigenvalue weighted by Gasteiger charge is -2.19. The van der Waals surface area contributed by atoms with E-state index in [4.69, 9.17) is 14.3 Å². The molecule has 1 aromatic heterocycles. The zero-order chi connectivity index (χ0) is 20.2. The minimum atomic E-state index is -0.628. The second kappa shape index (κ2) is 8.56. The van der Waals surface area contributed by atoms with E-state index in [1.54, 1.807) is 33.9 Å². The molecule has 1 aromatic carbocycles. The SMILES string of the molecule is CCOC(=O)/C(Cc1cn(C(=O)OC(C)(C)C)c2ccc(Br)cc12)=N/OC. The Morgan fingerprint density at radius 1 is 1.26 bits per heavy atom. The van der Waals surface area contributed by atoms with E-state index in [0.717, 1.165) is 15.4 Å². The van der Waals surface area contributed by atoms with Crippen LogP contribution in [-0.2, 0) is 25.5 Å². The zero-order valence-corrected chi connectivity index (χ0v) is 17.6. The highest BCUT2D eigenvalue weighted by molar-refractivity contribution is 9.10. The Kier molecular flexibility index (Phi) is 6.64. The van der Waals surface area contributed by atoms with Crippen molar-refractivity contribution in [3.8, 4) is 0 Å². The fourth-order valence-corrected chi connectivity index (χ4v) is 2.88. The molecule has 146 valence electrons. The number of aromatic nitrogens is 1. The maximum Gasteiger partial charge on any atom is 0.419 e. The van der Waals surface area contributed by atoms with Gasteiger partial charge in [-0.15, -0.1) is 0 Å². The van der Waals surface area contributed by atoms with E-state index >= 15 is 0 Å². The molecule has 0 atom stereocenters. The average molecular weight is 439 g/mol. The molecule has 0 saturated carbocycles. The molecule has 0 radical (unpaired) electrons. The van der Waals surface area contributed by atoms with Crippen LogP contribution in [0, 0.1) is 0 Å². The number of fused-ring (bicyclic) bond motifs is 1. The second-order valence-electron chi connectivity index (χ2n) is 6.78. The largest absolute Gasteiger partial charge is 0.461 e. The highest BCUT2D eigenvalue weighted by Gasteiger charge is 2.23. The lowest BCUT2D eigenvalue weighted by molar-refractivity contribution is -0.135. The molecule has 0 spiro atoms. The first kappa shape index (κ1) is 21.0. The summed E-state index contributed by atoms with van der Waals surface area (Å²) in [5, 5.41) is 4.58. The molecule has 2 rings (SSSR count). The minimum Gasteiger partial charge on any atom is -0.461 e. The van der Waals surface area contributed by atoms with Crippen LogP contribution in [-0.4, -0.2) is 41.7 Å². The van der Waals surface area contributed by atoms with Gasteiger partial charge in [-0.25, -0.2) is 9.59 Å². The third kappa shape index (κ3) is 5.32. The second-order valence-corrected chi connectivity index (χ2v) is 7.70. The van der Waals surface area contributed by atoms with Crippen LogP contribution in [0.3, 0.4) is 0 Å². The number of hydrogen-bond donors (Lipinski definition) is 0. The third-order valence-electron chi connectivity index (χ3n) is 3.51. The van der Waals surface area contributed by atoms with Crippen molar-refractivity contribution in [1.82, 2.24) is 4.57 Å². The summed E-state index contributed by atoms with van der Waals surface area (Å²) >= 11 is 3.44. The molecule has 0 fully saturated rings. The molecule has 0 bridgehead atoms. The van der Waals surface area contributed by atoms with E-state index < -0.39 is 17.7 Å². The Balaban J connectivity index is 2.50. The fourth-order valence-electron chi connectivity index (χ4n) is 2.52. The summed E-state index contributed by atoms with van der Waals surface area (Å²) < 4.78 is 12.8. The average Bonchev–Trinajstić information content (AvgIpc) is 2.91. The van der Waals surface area contributed by atoms with Crippen molar-refractivity contribution in [2.75, 3.05) is 13.7 Å².